The molecular formula is C23H25N3O3. The zero-order valence-corrected chi connectivity index (χ0v) is 17.1. The zero-order valence-electron chi connectivity index (χ0n) is 17.1. The molecule has 1 aromatic heterocycles. The van der Waals surface area contributed by atoms with Gasteiger partial charge in [-0.15, -0.1) is 0 Å². The van der Waals surface area contributed by atoms with Crippen LogP contribution in [0.25, 0.3) is 10.9 Å². The van der Waals surface area contributed by atoms with Crippen LogP contribution in [-0.4, -0.2) is 42.4 Å². The number of aromatic nitrogens is 1. The van der Waals surface area contributed by atoms with Gasteiger partial charge < -0.3 is 15.0 Å². The number of para-hydroxylation sites is 1. The molecule has 0 radical (unpaired) electrons. The number of carbonyl (C=O) groups excluding carboxylic acids is 2. The molecule has 0 aliphatic rings. The maximum absolute atomic E-state index is 13.0. The minimum Gasteiger partial charge on any atom is -0.484 e. The zero-order chi connectivity index (χ0) is 21.0. The fraction of sp³-hybridized carbons (Fsp3) is 0.261. The van der Waals surface area contributed by atoms with Gasteiger partial charge in [0.1, 0.15) is 5.75 Å². The second-order valence-corrected chi connectivity index (χ2v) is 7.32. The lowest BCUT2D eigenvalue weighted by atomic mass is 10.0. The molecule has 150 valence electrons. The number of pyridine rings is 1. The summed E-state index contributed by atoms with van der Waals surface area (Å²) in [6.07, 6.45) is 0. The van der Waals surface area contributed by atoms with Crippen LogP contribution in [0.15, 0.2) is 54.6 Å². The van der Waals surface area contributed by atoms with Crippen LogP contribution < -0.4 is 10.1 Å². The smallest absolute Gasteiger partial charge is 0.259 e. The van der Waals surface area contributed by atoms with Gasteiger partial charge in [0.15, 0.2) is 6.61 Å². The van der Waals surface area contributed by atoms with Crippen molar-refractivity contribution in [2.75, 3.05) is 26.0 Å². The first kappa shape index (κ1) is 20.3. The Morgan fingerprint density at radius 2 is 1.76 bits per heavy atom. The standard InChI is InChI=1S/C23H25N3O3/c1-15(2)21-13-19(18-7-5-6-8-20(18)25-21)23(28)24-16-9-11-17(12-10-16)29-14-22(27)26(3)4/h5-13,15H,14H2,1-4H3,(H,24,28). The molecule has 2 aromatic carbocycles. The Kier molecular flexibility index (Phi) is 6.12. The largest absolute Gasteiger partial charge is 0.484 e. The molecule has 2 amide bonds. The molecule has 3 rings (SSSR count). The average molecular weight is 391 g/mol. The van der Waals surface area contributed by atoms with Crippen molar-refractivity contribution in [3.63, 3.8) is 0 Å². The summed E-state index contributed by atoms with van der Waals surface area (Å²) >= 11 is 0. The molecule has 0 aliphatic carbocycles. The van der Waals surface area contributed by atoms with Gasteiger partial charge in [-0.1, -0.05) is 32.0 Å². The minimum absolute atomic E-state index is 0.0281. The van der Waals surface area contributed by atoms with Gasteiger partial charge in [-0.25, -0.2) is 0 Å². The highest BCUT2D eigenvalue weighted by atomic mass is 16.5. The normalized spacial score (nSPS) is 10.8. The van der Waals surface area contributed by atoms with E-state index in [1.165, 1.54) is 4.90 Å². The Balaban J connectivity index is 1.77. The fourth-order valence-electron chi connectivity index (χ4n) is 2.79. The third-order valence-electron chi connectivity index (χ3n) is 4.55. The summed E-state index contributed by atoms with van der Waals surface area (Å²) in [7, 11) is 3.36. The summed E-state index contributed by atoms with van der Waals surface area (Å²) in [5.41, 5.74) is 2.92. The summed E-state index contributed by atoms with van der Waals surface area (Å²) in [5.74, 6) is 0.469. The van der Waals surface area contributed by atoms with Crippen LogP contribution in [0.4, 0.5) is 5.69 Å². The van der Waals surface area contributed by atoms with E-state index in [1.54, 1.807) is 38.4 Å². The van der Waals surface area contributed by atoms with Gasteiger partial charge in [-0.05, 0) is 42.3 Å². The number of nitrogens with zero attached hydrogens (tertiary/aromatic N) is 2. The van der Waals surface area contributed by atoms with Crippen LogP contribution in [0.2, 0.25) is 0 Å². The highest BCUT2D eigenvalue weighted by Crippen LogP contribution is 2.24. The van der Waals surface area contributed by atoms with Gasteiger partial charge in [0.25, 0.3) is 11.8 Å². The second kappa shape index (κ2) is 8.73. The minimum atomic E-state index is -0.193. The molecular weight excluding hydrogens is 366 g/mol. The van der Waals surface area contributed by atoms with Crippen molar-refractivity contribution in [3.05, 3.63) is 65.9 Å². The van der Waals surface area contributed by atoms with Crippen LogP contribution in [0.1, 0.15) is 35.8 Å². The summed E-state index contributed by atoms with van der Waals surface area (Å²) in [6.45, 7) is 4.08. The SMILES string of the molecule is CC(C)c1cc(C(=O)Nc2ccc(OCC(=O)N(C)C)cc2)c2ccccc2n1. The number of rotatable bonds is 6. The van der Waals surface area contributed by atoms with Crippen molar-refractivity contribution in [1.29, 1.82) is 0 Å². The van der Waals surface area contributed by atoms with Crippen molar-refractivity contribution in [1.82, 2.24) is 9.88 Å². The first-order chi connectivity index (χ1) is 13.8. The van der Waals surface area contributed by atoms with Gasteiger partial charge in [-0.2, -0.15) is 0 Å². The Labute approximate surface area is 170 Å². The quantitative estimate of drug-likeness (QED) is 0.687. The molecule has 1 N–H and O–H groups in total. The van der Waals surface area contributed by atoms with E-state index in [4.69, 9.17) is 4.74 Å². The summed E-state index contributed by atoms with van der Waals surface area (Å²) in [5, 5.41) is 3.75. The molecule has 0 fully saturated rings. The number of benzene rings is 2. The Bertz CT molecular complexity index is 1030. The number of fused-ring (bicyclic) bond motifs is 1. The number of amides is 2. The topological polar surface area (TPSA) is 71.5 Å². The lowest BCUT2D eigenvalue weighted by Gasteiger charge is -2.13. The fourth-order valence-corrected chi connectivity index (χ4v) is 2.79. The molecule has 0 aliphatic heterocycles. The summed E-state index contributed by atoms with van der Waals surface area (Å²) in [4.78, 5) is 30.7. The predicted molar refractivity (Wildman–Crippen MR) is 114 cm³/mol. The average Bonchev–Trinajstić information content (AvgIpc) is 2.71. The van der Waals surface area contributed by atoms with Crippen molar-refractivity contribution < 1.29 is 14.3 Å². The van der Waals surface area contributed by atoms with Crippen molar-refractivity contribution in [2.24, 2.45) is 0 Å². The van der Waals surface area contributed by atoms with E-state index in [-0.39, 0.29) is 24.3 Å². The lowest BCUT2D eigenvalue weighted by Crippen LogP contribution is -2.27. The lowest BCUT2D eigenvalue weighted by molar-refractivity contribution is -0.130. The molecule has 1 heterocycles. The van der Waals surface area contributed by atoms with Crippen molar-refractivity contribution >= 4 is 28.4 Å². The first-order valence-electron chi connectivity index (χ1n) is 9.49. The highest BCUT2D eigenvalue weighted by molar-refractivity contribution is 6.12. The third kappa shape index (κ3) is 4.90. The van der Waals surface area contributed by atoms with Crippen molar-refractivity contribution in [2.45, 2.75) is 19.8 Å². The van der Waals surface area contributed by atoms with E-state index in [0.717, 1.165) is 16.6 Å². The van der Waals surface area contributed by atoms with Gasteiger partial charge in [0.2, 0.25) is 0 Å². The Morgan fingerprint density at radius 1 is 1.07 bits per heavy atom. The molecule has 0 spiro atoms. The number of carbonyl (C=O) groups is 2. The van der Waals surface area contributed by atoms with E-state index in [0.29, 0.717) is 17.0 Å². The Hall–Kier alpha value is -3.41. The molecule has 6 heteroatoms. The maximum Gasteiger partial charge on any atom is 0.259 e. The Morgan fingerprint density at radius 3 is 2.41 bits per heavy atom. The van der Waals surface area contributed by atoms with E-state index in [9.17, 15) is 9.59 Å². The van der Waals surface area contributed by atoms with E-state index < -0.39 is 0 Å². The van der Waals surface area contributed by atoms with Crippen LogP contribution in [0.3, 0.4) is 0 Å². The first-order valence-corrected chi connectivity index (χ1v) is 9.49. The molecule has 0 saturated heterocycles. The van der Waals surface area contributed by atoms with Crippen LogP contribution in [0, 0.1) is 0 Å². The van der Waals surface area contributed by atoms with Gasteiger partial charge >= 0.3 is 0 Å². The van der Waals surface area contributed by atoms with Gasteiger partial charge in [-0.3, -0.25) is 14.6 Å². The number of hydrogen-bond donors (Lipinski definition) is 1. The van der Waals surface area contributed by atoms with Crippen molar-refractivity contribution in [3.8, 4) is 5.75 Å². The molecule has 3 aromatic rings. The van der Waals surface area contributed by atoms with Crippen LogP contribution >= 0.6 is 0 Å². The van der Waals surface area contributed by atoms with Gasteiger partial charge in [0.05, 0.1) is 11.1 Å². The predicted octanol–water partition coefficient (Wildman–Crippen LogP) is 4.08. The highest BCUT2D eigenvalue weighted by Gasteiger charge is 2.15. The van der Waals surface area contributed by atoms with Crippen LogP contribution in [-0.2, 0) is 4.79 Å². The van der Waals surface area contributed by atoms with Crippen LogP contribution in [0.5, 0.6) is 5.75 Å². The number of anilines is 1. The number of ether oxygens (including phenoxy) is 1. The monoisotopic (exact) mass is 391 g/mol. The summed E-state index contributed by atoms with van der Waals surface area (Å²) in [6, 6.07) is 16.4. The molecule has 0 bridgehead atoms. The third-order valence-corrected chi connectivity index (χ3v) is 4.55. The second-order valence-electron chi connectivity index (χ2n) is 7.32. The molecule has 0 unspecified atom stereocenters. The van der Waals surface area contributed by atoms with Gasteiger partial charge in [0, 0.05) is 30.9 Å². The maximum atomic E-state index is 13.0. The number of likely N-dealkylation sites (N-methyl/N-ethyl adjacent to an activating group) is 1. The number of hydrogen-bond acceptors (Lipinski definition) is 4. The van der Waals surface area contributed by atoms with E-state index in [2.05, 4.69) is 24.1 Å². The molecule has 6 nitrogen and oxygen atoms in total. The molecule has 0 saturated carbocycles. The molecule has 29 heavy (non-hydrogen) atoms. The molecule has 0 atom stereocenters. The van der Waals surface area contributed by atoms with E-state index >= 15 is 0 Å². The summed E-state index contributed by atoms with van der Waals surface area (Å²) < 4.78 is 5.46. The number of nitrogens with one attached hydrogen (secondary N) is 1. The van der Waals surface area contributed by atoms with E-state index in [1.807, 2.05) is 30.3 Å².